The summed E-state index contributed by atoms with van der Waals surface area (Å²) in [4.78, 5) is 15.3. The van der Waals surface area contributed by atoms with E-state index in [1.54, 1.807) is 12.1 Å². The third-order valence-electron chi connectivity index (χ3n) is 10.8. The van der Waals surface area contributed by atoms with Crippen LogP contribution >= 0.6 is 0 Å². The normalized spacial score (nSPS) is 10.8. The monoisotopic (exact) mass is 814 g/mol. The van der Waals surface area contributed by atoms with Gasteiger partial charge in [-0.2, -0.15) is 10.5 Å². The van der Waals surface area contributed by atoms with E-state index >= 15 is 0 Å². The Bertz CT molecular complexity index is 3150. The van der Waals surface area contributed by atoms with Crippen molar-refractivity contribution in [3.63, 3.8) is 0 Å². The van der Waals surface area contributed by atoms with Gasteiger partial charge in [0.1, 0.15) is 5.82 Å². The standard InChI is InChI=1S/C53H31FN6.C3H8/c54-44-24-19-38(20-25-44)43-23-28-47(53-58-51(39-7-3-1-4-8-39)57-52(59-53)40-9-5-2-6-10-40)50(31-43)60-48-29-41(36-15-11-34(32-55)12-16-36)21-26-45(48)46-27-22-42(30-49(46)60)37-17-13-35(33-56)14-18-37;1-3-2/h1-31H;3H2,1-2H3. The van der Waals surface area contributed by atoms with Gasteiger partial charge in [-0.25, -0.2) is 19.3 Å². The van der Waals surface area contributed by atoms with Crippen molar-refractivity contribution >= 4 is 21.8 Å². The first-order valence-corrected chi connectivity index (χ1v) is 20.8. The molecule has 0 aliphatic heterocycles. The Labute approximate surface area is 365 Å². The highest BCUT2D eigenvalue weighted by atomic mass is 19.1. The third-order valence-corrected chi connectivity index (χ3v) is 10.8. The first kappa shape index (κ1) is 39.9. The summed E-state index contributed by atoms with van der Waals surface area (Å²) in [6.45, 7) is 4.25. The molecule has 6 nitrogen and oxygen atoms in total. The molecule has 0 bridgehead atoms. The zero-order valence-corrected chi connectivity index (χ0v) is 34.7. The van der Waals surface area contributed by atoms with Crippen LogP contribution in [0, 0.1) is 28.5 Å². The third kappa shape index (κ3) is 8.08. The van der Waals surface area contributed by atoms with E-state index in [4.69, 9.17) is 15.0 Å². The summed E-state index contributed by atoms with van der Waals surface area (Å²) >= 11 is 0. The Morgan fingerprint density at radius 1 is 0.429 bits per heavy atom. The lowest BCUT2D eigenvalue weighted by Crippen LogP contribution is -2.04. The van der Waals surface area contributed by atoms with Crippen LogP contribution in [0.15, 0.2) is 188 Å². The molecular weight excluding hydrogens is 776 g/mol. The minimum absolute atomic E-state index is 0.310. The number of nitrogens with zero attached hydrogens (tertiary/aromatic N) is 6. The number of benzene rings is 8. The predicted octanol–water partition coefficient (Wildman–Crippen LogP) is 14.3. The average molecular weight is 815 g/mol. The smallest absolute Gasteiger partial charge is 0.166 e. The van der Waals surface area contributed by atoms with Crippen LogP contribution in [0.5, 0.6) is 0 Å². The zero-order chi connectivity index (χ0) is 43.3. The van der Waals surface area contributed by atoms with Gasteiger partial charge in [0.15, 0.2) is 17.5 Å². The van der Waals surface area contributed by atoms with E-state index in [0.29, 0.717) is 28.6 Å². The molecule has 10 rings (SSSR count). The lowest BCUT2D eigenvalue weighted by molar-refractivity contribution is 0.628. The van der Waals surface area contributed by atoms with Gasteiger partial charge in [-0.15, -0.1) is 0 Å². The van der Waals surface area contributed by atoms with Gasteiger partial charge in [0.05, 0.1) is 40.0 Å². The molecule has 0 aliphatic carbocycles. The highest BCUT2D eigenvalue weighted by molar-refractivity contribution is 6.11. The molecule has 8 aromatic carbocycles. The van der Waals surface area contributed by atoms with Gasteiger partial charge >= 0.3 is 0 Å². The maximum atomic E-state index is 14.3. The van der Waals surface area contributed by atoms with Crippen molar-refractivity contribution < 1.29 is 4.39 Å². The Morgan fingerprint density at radius 2 is 0.810 bits per heavy atom. The molecule has 0 unspecified atom stereocenters. The zero-order valence-electron chi connectivity index (χ0n) is 34.7. The molecule has 63 heavy (non-hydrogen) atoms. The minimum Gasteiger partial charge on any atom is -0.308 e. The van der Waals surface area contributed by atoms with Crippen molar-refractivity contribution in [3.8, 4) is 85.4 Å². The van der Waals surface area contributed by atoms with Crippen LogP contribution in [-0.2, 0) is 0 Å². The van der Waals surface area contributed by atoms with Crippen molar-refractivity contribution in [2.45, 2.75) is 20.3 Å². The van der Waals surface area contributed by atoms with E-state index in [-0.39, 0.29) is 5.82 Å². The van der Waals surface area contributed by atoms with E-state index in [1.165, 1.54) is 18.6 Å². The summed E-state index contributed by atoms with van der Waals surface area (Å²) in [6, 6.07) is 65.1. The molecule has 0 aliphatic rings. The summed E-state index contributed by atoms with van der Waals surface area (Å²) < 4.78 is 16.5. The summed E-state index contributed by atoms with van der Waals surface area (Å²) in [5.74, 6) is 1.27. The topological polar surface area (TPSA) is 91.2 Å². The fourth-order valence-electron chi connectivity index (χ4n) is 7.77. The Morgan fingerprint density at radius 3 is 1.25 bits per heavy atom. The van der Waals surface area contributed by atoms with Gasteiger partial charge in [-0.05, 0) is 94.0 Å². The molecule has 0 spiro atoms. The summed E-state index contributed by atoms with van der Waals surface area (Å²) in [7, 11) is 0. The molecule has 0 N–H and O–H groups in total. The van der Waals surface area contributed by atoms with E-state index in [0.717, 1.165) is 77.6 Å². The number of rotatable bonds is 7. The van der Waals surface area contributed by atoms with Gasteiger partial charge in [0.25, 0.3) is 0 Å². The van der Waals surface area contributed by atoms with E-state index in [2.05, 4.69) is 73.0 Å². The van der Waals surface area contributed by atoms with Gasteiger partial charge in [0.2, 0.25) is 0 Å². The molecular formula is C56H39FN6. The summed E-state index contributed by atoms with van der Waals surface area (Å²) in [5.41, 5.74) is 12.0. The van der Waals surface area contributed by atoms with Crippen LogP contribution in [0.3, 0.4) is 0 Å². The number of hydrogen-bond acceptors (Lipinski definition) is 5. The maximum absolute atomic E-state index is 14.3. The number of aromatic nitrogens is 4. The van der Waals surface area contributed by atoms with Gasteiger partial charge in [-0.3, -0.25) is 0 Å². The summed E-state index contributed by atoms with van der Waals surface area (Å²) in [5, 5.41) is 21.1. The molecule has 0 fully saturated rings. The summed E-state index contributed by atoms with van der Waals surface area (Å²) in [6.07, 6.45) is 1.25. The second-order valence-corrected chi connectivity index (χ2v) is 15.2. The molecule has 2 aromatic heterocycles. The number of fused-ring (bicyclic) bond motifs is 3. The number of halogens is 1. The Hall–Kier alpha value is -8.52. The van der Waals surface area contributed by atoms with Crippen LogP contribution in [0.4, 0.5) is 4.39 Å². The van der Waals surface area contributed by atoms with Crippen LogP contribution in [0.25, 0.3) is 95.0 Å². The first-order valence-electron chi connectivity index (χ1n) is 20.8. The highest BCUT2D eigenvalue weighted by Crippen LogP contribution is 2.41. The molecule has 0 atom stereocenters. The SMILES string of the molecule is CCC.N#Cc1ccc(-c2ccc3c4ccc(-c5ccc(C#N)cc5)cc4n(-c4cc(-c5ccc(F)cc5)ccc4-c4nc(-c5ccccc5)nc(-c5ccccc5)n4)c3c2)cc1. The lowest BCUT2D eigenvalue weighted by Gasteiger charge is -2.17. The second kappa shape index (κ2) is 17.6. The Balaban J connectivity index is 0.00000164. The maximum Gasteiger partial charge on any atom is 0.166 e. The quantitative estimate of drug-likeness (QED) is 0.160. The molecule has 10 aromatic rings. The molecule has 0 saturated heterocycles. The van der Waals surface area contributed by atoms with Gasteiger partial charge in [-0.1, -0.05) is 148 Å². The van der Waals surface area contributed by atoms with Gasteiger partial charge in [0, 0.05) is 27.5 Å². The van der Waals surface area contributed by atoms with E-state index in [1.807, 2.05) is 121 Å². The van der Waals surface area contributed by atoms with Crippen LogP contribution in [-0.4, -0.2) is 19.5 Å². The van der Waals surface area contributed by atoms with Crippen molar-refractivity contribution in [3.05, 3.63) is 205 Å². The Kier molecular flexibility index (Phi) is 11.2. The molecule has 0 saturated carbocycles. The van der Waals surface area contributed by atoms with Crippen molar-refractivity contribution in [2.75, 3.05) is 0 Å². The number of hydrogen-bond donors (Lipinski definition) is 0. The number of nitriles is 2. The molecule has 0 amide bonds. The fraction of sp³-hybridized carbons (Fsp3) is 0.0536. The van der Waals surface area contributed by atoms with Gasteiger partial charge < -0.3 is 4.57 Å². The molecule has 7 heteroatoms. The second-order valence-electron chi connectivity index (χ2n) is 15.2. The van der Waals surface area contributed by atoms with E-state index in [9.17, 15) is 14.9 Å². The lowest BCUT2D eigenvalue weighted by atomic mass is 10.0. The van der Waals surface area contributed by atoms with Crippen molar-refractivity contribution in [1.29, 1.82) is 10.5 Å². The predicted molar refractivity (Wildman–Crippen MR) is 252 cm³/mol. The minimum atomic E-state index is -0.310. The molecule has 300 valence electrons. The fourth-order valence-corrected chi connectivity index (χ4v) is 7.77. The van der Waals surface area contributed by atoms with Crippen molar-refractivity contribution in [1.82, 2.24) is 19.5 Å². The largest absolute Gasteiger partial charge is 0.308 e. The van der Waals surface area contributed by atoms with E-state index < -0.39 is 0 Å². The molecule has 0 radical (unpaired) electrons. The van der Waals surface area contributed by atoms with Crippen LogP contribution in [0.2, 0.25) is 0 Å². The molecule has 2 heterocycles. The van der Waals surface area contributed by atoms with Crippen LogP contribution < -0.4 is 0 Å². The van der Waals surface area contributed by atoms with Crippen LogP contribution in [0.1, 0.15) is 31.4 Å². The van der Waals surface area contributed by atoms with Crippen molar-refractivity contribution in [2.24, 2.45) is 0 Å². The highest BCUT2D eigenvalue weighted by Gasteiger charge is 2.21. The first-order chi connectivity index (χ1) is 30.9. The average Bonchev–Trinajstić information content (AvgIpc) is 3.67.